The fourth-order valence-electron chi connectivity index (χ4n) is 3.06. The molecule has 0 bridgehead atoms. The maximum atomic E-state index is 12.8. The van der Waals surface area contributed by atoms with Gasteiger partial charge in [-0.2, -0.15) is 9.48 Å². The molecule has 0 aliphatic carbocycles. The van der Waals surface area contributed by atoms with Gasteiger partial charge in [-0.15, -0.1) is 16.8 Å². The van der Waals surface area contributed by atoms with Gasteiger partial charge in [0.1, 0.15) is 6.21 Å². The Morgan fingerprint density at radius 1 is 1.37 bits per heavy atom. The number of nitrogens with zero attached hydrogens (tertiary/aromatic N) is 4. The summed E-state index contributed by atoms with van der Waals surface area (Å²) in [5, 5.41) is 11.0. The summed E-state index contributed by atoms with van der Waals surface area (Å²) in [5.41, 5.74) is 1.76. The number of amides is 3. The summed E-state index contributed by atoms with van der Waals surface area (Å²) in [6, 6.07) is 6.04. The average molecular weight is 387 g/mol. The van der Waals surface area contributed by atoms with Crippen molar-refractivity contribution in [2.75, 3.05) is 14.1 Å². The van der Waals surface area contributed by atoms with E-state index in [1.165, 1.54) is 35.5 Å². The second kappa shape index (κ2) is 7.43. The molecule has 27 heavy (non-hydrogen) atoms. The van der Waals surface area contributed by atoms with Crippen molar-refractivity contribution in [1.29, 1.82) is 0 Å². The topological polar surface area (TPSA) is 95.9 Å². The highest BCUT2D eigenvalue weighted by Crippen LogP contribution is 2.37. The first-order valence-corrected chi connectivity index (χ1v) is 9.39. The van der Waals surface area contributed by atoms with Crippen LogP contribution in [-0.2, 0) is 10.5 Å². The average Bonchev–Trinajstić information content (AvgIpc) is 2.68. The zero-order valence-corrected chi connectivity index (χ0v) is 16.0. The Morgan fingerprint density at radius 2 is 2.11 bits per heavy atom. The Hall–Kier alpha value is -2.81. The van der Waals surface area contributed by atoms with Gasteiger partial charge in [0.2, 0.25) is 0 Å². The maximum absolute atomic E-state index is 12.8. The number of thioether (sulfide) groups is 1. The zero-order chi connectivity index (χ0) is 19.7. The van der Waals surface area contributed by atoms with E-state index in [1.807, 2.05) is 13.0 Å². The van der Waals surface area contributed by atoms with Crippen molar-refractivity contribution in [3.05, 3.63) is 50.4 Å². The molecule has 1 aromatic rings. The van der Waals surface area contributed by atoms with Crippen LogP contribution in [0.25, 0.3) is 0 Å². The van der Waals surface area contributed by atoms with Crippen LogP contribution in [0.2, 0.25) is 0 Å². The van der Waals surface area contributed by atoms with Crippen molar-refractivity contribution >= 4 is 41.4 Å². The number of dihydropyridines is 1. The second-order valence-corrected chi connectivity index (χ2v) is 7.26. The van der Waals surface area contributed by atoms with Crippen LogP contribution in [-0.4, -0.2) is 52.5 Å². The SMILES string of the molecule is CCC1=C(SCc2cccc([N+](=O)[O-])c2)C2C(=O)N(C)C(=O)[N+](C)=C2N=C1. The molecule has 9 heteroatoms. The predicted octanol–water partition coefficient (Wildman–Crippen LogP) is 2.83. The molecule has 1 unspecified atom stereocenters. The molecular formula is C18H19N4O4S+. The van der Waals surface area contributed by atoms with Crippen LogP contribution in [0.1, 0.15) is 18.9 Å². The lowest BCUT2D eigenvalue weighted by Gasteiger charge is -2.28. The molecule has 8 nitrogen and oxygen atoms in total. The number of imide groups is 1. The maximum Gasteiger partial charge on any atom is 0.445 e. The van der Waals surface area contributed by atoms with Crippen molar-refractivity contribution in [2.24, 2.45) is 10.9 Å². The molecule has 2 heterocycles. The number of fused-ring (bicyclic) bond motifs is 1. The third-order valence-corrected chi connectivity index (χ3v) is 5.87. The Labute approximate surface area is 160 Å². The van der Waals surface area contributed by atoms with Gasteiger partial charge in [0.05, 0.1) is 19.0 Å². The summed E-state index contributed by atoms with van der Waals surface area (Å²) in [6.45, 7) is 1.98. The number of urea groups is 1. The number of hydrogen-bond acceptors (Lipinski definition) is 6. The van der Waals surface area contributed by atoms with E-state index in [0.29, 0.717) is 18.0 Å². The van der Waals surface area contributed by atoms with Gasteiger partial charge in [-0.25, -0.2) is 4.79 Å². The number of carbonyl (C=O) groups is 2. The van der Waals surface area contributed by atoms with Gasteiger partial charge < -0.3 is 0 Å². The summed E-state index contributed by atoms with van der Waals surface area (Å²) in [7, 11) is 3.06. The van der Waals surface area contributed by atoms with E-state index in [-0.39, 0.29) is 11.6 Å². The van der Waals surface area contributed by atoms with Crippen molar-refractivity contribution < 1.29 is 19.1 Å². The number of hydrogen-bond donors (Lipinski definition) is 0. The molecule has 0 saturated carbocycles. The van der Waals surface area contributed by atoms with Crippen LogP contribution in [0, 0.1) is 16.0 Å². The van der Waals surface area contributed by atoms with Crippen molar-refractivity contribution in [2.45, 2.75) is 19.1 Å². The molecule has 3 rings (SSSR count). The van der Waals surface area contributed by atoms with Gasteiger partial charge in [-0.05, 0) is 17.6 Å². The molecule has 140 valence electrons. The molecule has 0 N–H and O–H groups in total. The Bertz CT molecular complexity index is 935. The number of benzene rings is 1. The van der Waals surface area contributed by atoms with E-state index in [9.17, 15) is 19.7 Å². The highest BCUT2D eigenvalue weighted by Gasteiger charge is 2.48. The van der Waals surface area contributed by atoms with Gasteiger partial charge >= 0.3 is 11.9 Å². The number of allylic oxidation sites excluding steroid dienone is 1. The lowest BCUT2D eigenvalue weighted by Crippen LogP contribution is -2.52. The number of carbonyl (C=O) groups excluding carboxylic acids is 2. The van der Waals surface area contributed by atoms with Gasteiger partial charge in [0.25, 0.3) is 11.5 Å². The largest absolute Gasteiger partial charge is 0.445 e. The van der Waals surface area contributed by atoms with E-state index in [2.05, 4.69) is 4.99 Å². The second-order valence-electron chi connectivity index (χ2n) is 6.25. The van der Waals surface area contributed by atoms with Crippen LogP contribution >= 0.6 is 11.8 Å². The molecule has 3 amide bonds. The summed E-state index contributed by atoms with van der Waals surface area (Å²) in [5.74, 6) is -0.0343. The Kier molecular flexibility index (Phi) is 5.22. The third-order valence-electron chi connectivity index (χ3n) is 4.58. The van der Waals surface area contributed by atoms with E-state index in [0.717, 1.165) is 20.9 Å². The summed E-state index contributed by atoms with van der Waals surface area (Å²) >= 11 is 1.46. The van der Waals surface area contributed by atoms with Crippen LogP contribution in [0.5, 0.6) is 0 Å². The van der Waals surface area contributed by atoms with Gasteiger partial charge in [-0.1, -0.05) is 19.1 Å². The number of nitro groups is 1. The van der Waals surface area contributed by atoms with Crippen molar-refractivity contribution in [3.8, 4) is 0 Å². The number of nitro benzene ring substituents is 1. The first kappa shape index (κ1) is 19.0. The normalized spacial score (nSPS) is 19.7. The fraction of sp³-hybridized carbons (Fsp3) is 0.333. The molecule has 1 atom stereocenters. The Balaban J connectivity index is 1.95. The fourth-order valence-corrected chi connectivity index (χ4v) is 4.32. The van der Waals surface area contributed by atoms with E-state index in [4.69, 9.17) is 0 Å². The molecular weight excluding hydrogens is 368 g/mol. The highest BCUT2D eigenvalue weighted by atomic mass is 32.2. The Morgan fingerprint density at radius 3 is 2.78 bits per heavy atom. The van der Waals surface area contributed by atoms with Crippen LogP contribution in [0.4, 0.5) is 10.5 Å². The molecule has 0 fully saturated rings. The third kappa shape index (κ3) is 3.42. The highest BCUT2D eigenvalue weighted by molar-refractivity contribution is 8.02. The van der Waals surface area contributed by atoms with Crippen LogP contribution < -0.4 is 0 Å². The number of amidine groups is 1. The molecule has 1 aromatic carbocycles. The zero-order valence-electron chi connectivity index (χ0n) is 15.2. The molecule has 2 aliphatic rings. The number of rotatable bonds is 5. The number of aliphatic imine (C=N–C) groups is 1. The molecule has 0 saturated heterocycles. The van der Waals surface area contributed by atoms with Crippen LogP contribution in [0.15, 0.2) is 39.7 Å². The monoisotopic (exact) mass is 387 g/mol. The standard InChI is InChI=1S/C18H19N4O4S/c1-4-12-9-19-16-14(17(23)21(3)18(24)20(16)2)15(12)27-10-11-6-5-7-13(8-11)22(25)26/h5-9,14H,4,10H2,1-3H3/q+1. The van der Waals surface area contributed by atoms with E-state index < -0.39 is 16.9 Å². The van der Waals surface area contributed by atoms with Gasteiger partial charge in [-0.3, -0.25) is 14.9 Å². The molecule has 0 spiro atoms. The minimum absolute atomic E-state index is 0.0362. The molecule has 2 aliphatic heterocycles. The predicted molar refractivity (Wildman–Crippen MR) is 103 cm³/mol. The summed E-state index contributed by atoms with van der Waals surface area (Å²) < 4.78 is 1.39. The van der Waals surface area contributed by atoms with Crippen molar-refractivity contribution in [1.82, 2.24) is 4.90 Å². The first-order valence-electron chi connectivity index (χ1n) is 8.40. The van der Waals surface area contributed by atoms with E-state index in [1.54, 1.807) is 19.3 Å². The molecule has 0 radical (unpaired) electrons. The minimum Gasteiger partial charge on any atom is -0.258 e. The summed E-state index contributed by atoms with van der Waals surface area (Å²) in [4.78, 5) is 41.8. The minimum atomic E-state index is -0.624. The number of non-ortho nitro benzene ring substituents is 1. The van der Waals surface area contributed by atoms with Crippen molar-refractivity contribution in [3.63, 3.8) is 0 Å². The first-order chi connectivity index (χ1) is 12.8. The lowest BCUT2D eigenvalue weighted by atomic mass is 9.97. The van der Waals surface area contributed by atoms with Crippen LogP contribution in [0.3, 0.4) is 0 Å². The summed E-state index contributed by atoms with van der Waals surface area (Å²) in [6.07, 6.45) is 2.39. The quantitative estimate of drug-likeness (QED) is 0.440. The lowest BCUT2D eigenvalue weighted by molar-refractivity contribution is -0.407. The van der Waals surface area contributed by atoms with E-state index >= 15 is 0 Å². The van der Waals surface area contributed by atoms with Gasteiger partial charge in [0, 0.05) is 22.8 Å². The molecule has 0 aromatic heterocycles. The van der Waals surface area contributed by atoms with Gasteiger partial charge in [0.15, 0.2) is 5.92 Å². The smallest absolute Gasteiger partial charge is 0.258 e.